The zero-order valence-electron chi connectivity index (χ0n) is 15.6. The lowest BCUT2D eigenvalue weighted by Gasteiger charge is -2.30. The molecule has 0 saturated carbocycles. The summed E-state index contributed by atoms with van der Waals surface area (Å²) in [5, 5.41) is 9.76. The minimum atomic E-state index is -0.0317. The van der Waals surface area contributed by atoms with Gasteiger partial charge in [0.2, 0.25) is 0 Å². The summed E-state index contributed by atoms with van der Waals surface area (Å²) in [4.78, 5) is 17.2. The summed E-state index contributed by atoms with van der Waals surface area (Å²) >= 11 is 0. The smallest absolute Gasteiger partial charge is 0.255 e. The second kappa shape index (κ2) is 7.48. The van der Waals surface area contributed by atoms with Crippen LogP contribution in [0.2, 0.25) is 0 Å². The summed E-state index contributed by atoms with van der Waals surface area (Å²) in [6.07, 6.45) is 3.91. The summed E-state index contributed by atoms with van der Waals surface area (Å²) in [6, 6.07) is 1.90. The molecule has 3 heterocycles. The maximum atomic E-state index is 12.9. The maximum absolute atomic E-state index is 12.9. The number of morpholine rings is 1. The Hall–Kier alpha value is -1.37. The van der Waals surface area contributed by atoms with Crippen LogP contribution in [-0.2, 0) is 10.3 Å². The van der Waals surface area contributed by atoms with Crippen molar-refractivity contribution in [2.24, 2.45) is 11.8 Å². The number of amides is 1. The van der Waals surface area contributed by atoms with E-state index in [1.807, 2.05) is 23.4 Å². The first-order chi connectivity index (χ1) is 11.9. The van der Waals surface area contributed by atoms with E-state index in [2.05, 4.69) is 30.2 Å². The van der Waals surface area contributed by atoms with Gasteiger partial charge in [-0.25, -0.2) is 0 Å². The zero-order valence-corrected chi connectivity index (χ0v) is 15.6. The summed E-state index contributed by atoms with van der Waals surface area (Å²) in [5.74, 6) is 0.569. The Labute approximate surface area is 150 Å². The van der Waals surface area contributed by atoms with Crippen LogP contribution in [0.1, 0.15) is 31.1 Å². The van der Waals surface area contributed by atoms with Crippen LogP contribution in [0.15, 0.2) is 18.5 Å². The minimum Gasteiger partial charge on any atom is -0.396 e. The van der Waals surface area contributed by atoms with E-state index in [0.29, 0.717) is 12.5 Å². The van der Waals surface area contributed by atoms with Crippen molar-refractivity contribution >= 4 is 5.91 Å². The average molecular weight is 349 g/mol. The zero-order chi connectivity index (χ0) is 18.0. The SMILES string of the molecule is CC(C)(C)n1ccc(C(=O)N2CC(CO)C(CN3CCOCC3)C2)c1. The molecule has 6 nitrogen and oxygen atoms in total. The van der Waals surface area contributed by atoms with Crippen LogP contribution in [0.4, 0.5) is 0 Å². The molecule has 25 heavy (non-hydrogen) atoms. The number of nitrogens with zero attached hydrogens (tertiary/aromatic N) is 3. The van der Waals surface area contributed by atoms with Crippen LogP contribution >= 0.6 is 0 Å². The van der Waals surface area contributed by atoms with Crippen molar-refractivity contribution in [2.45, 2.75) is 26.3 Å². The molecule has 1 N–H and O–H groups in total. The summed E-state index contributed by atoms with van der Waals surface area (Å²) in [6.45, 7) is 12.2. The standard InChI is InChI=1S/C19H31N3O3/c1-19(2,3)22-5-4-15(13-22)18(24)21-11-16(17(12-21)14-23)10-20-6-8-25-9-7-20/h4-5,13,16-17,23H,6-12,14H2,1-3H3. The number of hydrogen-bond donors (Lipinski definition) is 1. The molecule has 0 radical (unpaired) electrons. The van der Waals surface area contributed by atoms with E-state index >= 15 is 0 Å². The van der Waals surface area contributed by atoms with Crippen LogP contribution in [0.5, 0.6) is 0 Å². The molecule has 1 aromatic heterocycles. The third-order valence-electron chi connectivity index (χ3n) is 5.41. The monoisotopic (exact) mass is 349 g/mol. The number of ether oxygens (including phenoxy) is 1. The highest BCUT2D eigenvalue weighted by atomic mass is 16.5. The number of rotatable bonds is 4. The van der Waals surface area contributed by atoms with E-state index < -0.39 is 0 Å². The van der Waals surface area contributed by atoms with Gasteiger partial charge in [-0.2, -0.15) is 0 Å². The molecule has 1 aromatic rings. The Morgan fingerprint density at radius 3 is 2.52 bits per heavy atom. The molecule has 0 bridgehead atoms. The van der Waals surface area contributed by atoms with Gasteiger partial charge in [-0.15, -0.1) is 0 Å². The highest BCUT2D eigenvalue weighted by Crippen LogP contribution is 2.26. The van der Waals surface area contributed by atoms with Crippen molar-refractivity contribution in [3.63, 3.8) is 0 Å². The first-order valence-corrected chi connectivity index (χ1v) is 9.27. The quantitative estimate of drug-likeness (QED) is 0.889. The van der Waals surface area contributed by atoms with Gasteiger partial charge >= 0.3 is 0 Å². The normalized spacial score (nSPS) is 25.5. The predicted octanol–water partition coefficient (Wildman–Crippen LogP) is 1.26. The van der Waals surface area contributed by atoms with Gasteiger partial charge in [0.1, 0.15) is 0 Å². The molecule has 0 spiro atoms. The van der Waals surface area contributed by atoms with Crippen LogP contribution in [0.25, 0.3) is 0 Å². The Kier molecular flexibility index (Phi) is 5.51. The van der Waals surface area contributed by atoms with E-state index in [4.69, 9.17) is 4.74 Å². The number of aromatic nitrogens is 1. The van der Waals surface area contributed by atoms with E-state index in [9.17, 15) is 9.90 Å². The Bertz CT molecular complexity index is 587. The molecule has 2 atom stereocenters. The van der Waals surface area contributed by atoms with Crippen LogP contribution in [0, 0.1) is 11.8 Å². The van der Waals surface area contributed by atoms with Crippen LogP contribution < -0.4 is 0 Å². The fraction of sp³-hybridized carbons (Fsp3) is 0.737. The second-order valence-electron chi connectivity index (χ2n) is 8.30. The molecule has 0 aliphatic carbocycles. The summed E-state index contributed by atoms with van der Waals surface area (Å²) < 4.78 is 7.48. The lowest BCUT2D eigenvalue weighted by Crippen LogP contribution is -2.41. The van der Waals surface area contributed by atoms with Crippen molar-refractivity contribution < 1.29 is 14.6 Å². The molecule has 2 aliphatic heterocycles. The van der Waals surface area contributed by atoms with Crippen molar-refractivity contribution in [2.75, 3.05) is 52.5 Å². The van der Waals surface area contributed by atoms with Gasteiger partial charge in [0, 0.05) is 63.2 Å². The number of carbonyl (C=O) groups excluding carboxylic acids is 1. The van der Waals surface area contributed by atoms with Crippen molar-refractivity contribution in [3.8, 4) is 0 Å². The first kappa shape index (κ1) is 18.4. The molecule has 1 amide bonds. The third kappa shape index (κ3) is 4.25. The van der Waals surface area contributed by atoms with Crippen molar-refractivity contribution in [1.29, 1.82) is 0 Å². The van der Waals surface area contributed by atoms with E-state index in [1.54, 1.807) is 0 Å². The average Bonchev–Trinajstić information content (AvgIpc) is 3.22. The van der Waals surface area contributed by atoms with E-state index in [0.717, 1.165) is 45.0 Å². The molecule has 2 unspecified atom stereocenters. The highest BCUT2D eigenvalue weighted by Gasteiger charge is 2.36. The number of likely N-dealkylation sites (tertiary alicyclic amines) is 1. The Morgan fingerprint density at radius 1 is 1.24 bits per heavy atom. The number of aliphatic hydroxyl groups excluding tert-OH is 1. The van der Waals surface area contributed by atoms with Gasteiger partial charge in [0.25, 0.3) is 5.91 Å². The van der Waals surface area contributed by atoms with Crippen LogP contribution in [-0.4, -0.2) is 77.9 Å². The molecule has 6 heteroatoms. The first-order valence-electron chi connectivity index (χ1n) is 9.27. The number of hydrogen-bond acceptors (Lipinski definition) is 4. The van der Waals surface area contributed by atoms with Gasteiger partial charge < -0.3 is 19.3 Å². The van der Waals surface area contributed by atoms with Crippen molar-refractivity contribution in [3.05, 3.63) is 24.0 Å². The lowest BCUT2D eigenvalue weighted by molar-refractivity contribution is 0.0264. The fourth-order valence-electron chi connectivity index (χ4n) is 3.76. The fourth-order valence-corrected chi connectivity index (χ4v) is 3.76. The van der Waals surface area contributed by atoms with Gasteiger partial charge in [0.05, 0.1) is 18.8 Å². The minimum absolute atomic E-state index is 0.0317. The van der Waals surface area contributed by atoms with Crippen molar-refractivity contribution in [1.82, 2.24) is 14.4 Å². The number of carbonyl (C=O) groups is 1. The number of aliphatic hydroxyl groups is 1. The van der Waals surface area contributed by atoms with Gasteiger partial charge in [0.15, 0.2) is 0 Å². The second-order valence-corrected chi connectivity index (χ2v) is 8.30. The van der Waals surface area contributed by atoms with E-state index in [-0.39, 0.29) is 24.0 Å². The highest BCUT2D eigenvalue weighted by molar-refractivity contribution is 5.94. The summed E-state index contributed by atoms with van der Waals surface area (Å²) in [7, 11) is 0. The molecular formula is C19H31N3O3. The van der Waals surface area contributed by atoms with Gasteiger partial charge in [-0.05, 0) is 32.8 Å². The Morgan fingerprint density at radius 2 is 1.92 bits per heavy atom. The van der Waals surface area contributed by atoms with Crippen LogP contribution in [0.3, 0.4) is 0 Å². The molecular weight excluding hydrogens is 318 g/mol. The molecule has 140 valence electrons. The third-order valence-corrected chi connectivity index (χ3v) is 5.41. The summed E-state index contributed by atoms with van der Waals surface area (Å²) in [5.41, 5.74) is 0.703. The largest absolute Gasteiger partial charge is 0.396 e. The lowest BCUT2D eigenvalue weighted by atomic mass is 9.96. The maximum Gasteiger partial charge on any atom is 0.255 e. The molecule has 2 fully saturated rings. The van der Waals surface area contributed by atoms with E-state index in [1.165, 1.54) is 0 Å². The van der Waals surface area contributed by atoms with Gasteiger partial charge in [-0.3, -0.25) is 9.69 Å². The molecule has 2 aliphatic rings. The van der Waals surface area contributed by atoms with Gasteiger partial charge in [-0.1, -0.05) is 0 Å². The topological polar surface area (TPSA) is 57.9 Å². The predicted molar refractivity (Wildman–Crippen MR) is 96.7 cm³/mol. The molecule has 0 aromatic carbocycles. The molecule has 3 rings (SSSR count). The molecule has 2 saturated heterocycles. The Balaban J connectivity index is 1.64.